The number of rotatable bonds is 6. The zero-order valence-corrected chi connectivity index (χ0v) is 15.9. The van der Waals surface area contributed by atoms with E-state index in [9.17, 15) is 13.9 Å². The molecular formula is C20H18F2N6O2. The van der Waals surface area contributed by atoms with Crippen LogP contribution in [0.5, 0.6) is 0 Å². The van der Waals surface area contributed by atoms with Crippen molar-refractivity contribution in [1.82, 2.24) is 25.0 Å². The maximum atomic E-state index is 14.6. The molecule has 4 rings (SSSR count). The average molecular weight is 412 g/mol. The highest BCUT2D eigenvalue weighted by molar-refractivity contribution is 5.54. The summed E-state index contributed by atoms with van der Waals surface area (Å²) in [5, 5.41) is 22.4. The van der Waals surface area contributed by atoms with Crippen molar-refractivity contribution in [3.05, 3.63) is 77.9 Å². The van der Waals surface area contributed by atoms with Crippen LogP contribution < -0.4 is 5.73 Å². The van der Waals surface area contributed by atoms with Gasteiger partial charge in [0.1, 0.15) is 24.3 Å². The molecule has 2 aromatic carbocycles. The zero-order valence-electron chi connectivity index (χ0n) is 15.9. The highest BCUT2D eigenvalue weighted by Crippen LogP contribution is 2.41. The Hall–Kier alpha value is -3.66. The first kappa shape index (κ1) is 19.6. The molecule has 2 heterocycles. The van der Waals surface area contributed by atoms with Crippen LogP contribution in [0.15, 0.2) is 59.5 Å². The third-order valence-corrected chi connectivity index (χ3v) is 5.01. The van der Waals surface area contributed by atoms with E-state index in [0.717, 1.165) is 17.7 Å². The first-order valence-electron chi connectivity index (χ1n) is 9.10. The van der Waals surface area contributed by atoms with Crippen molar-refractivity contribution in [1.29, 1.82) is 0 Å². The number of hydrogen-bond donors (Lipinski definition) is 2. The summed E-state index contributed by atoms with van der Waals surface area (Å²) in [6.45, 7) is 1.84. The molecule has 3 N–H and O–H groups in total. The van der Waals surface area contributed by atoms with Crippen LogP contribution in [0.3, 0.4) is 0 Å². The minimum Gasteiger partial charge on any atom is -0.404 e. The molecule has 0 amide bonds. The van der Waals surface area contributed by atoms with Crippen molar-refractivity contribution >= 4 is 6.01 Å². The number of benzene rings is 2. The van der Waals surface area contributed by atoms with Gasteiger partial charge in [-0.1, -0.05) is 30.2 Å². The van der Waals surface area contributed by atoms with Gasteiger partial charge >= 0.3 is 6.01 Å². The summed E-state index contributed by atoms with van der Waals surface area (Å²) in [5.74, 6) is -2.30. The largest absolute Gasteiger partial charge is 0.404 e. The van der Waals surface area contributed by atoms with Crippen LogP contribution in [0.4, 0.5) is 14.8 Å². The molecule has 0 saturated carbocycles. The van der Waals surface area contributed by atoms with E-state index in [4.69, 9.17) is 10.2 Å². The summed E-state index contributed by atoms with van der Waals surface area (Å²) in [6, 6.07) is 10.4. The summed E-state index contributed by atoms with van der Waals surface area (Å²) in [6.07, 6.45) is 1.39. The van der Waals surface area contributed by atoms with Gasteiger partial charge in [-0.2, -0.15) is 5.10 Å². The topological polar surface area (TPSA) is 116 Å². The van der Waals surface area contributed by atoms with Crippen LogP contribution in [0.2, 0.25) is 0 Å². The van der Waals surface area contributed by atoms with Crippen molar-refractivity contribution in [2.75, 3.05) is 5.73 Å². The van der Waals surface area contributed by atoms with Gasteiger partial charge in [0.2, 0.25) is 5.89 Å². The third kappa shape index (κ3) is 3.77. The molecule has 0 saturated heterocycles. The van der Waals surface area contributed by atoms with E-state index in [2.05, 4.69) is 20.3 Å². The molecule has 0 radical (unpaired) electrons. The molecule has 30 heavy (non-hydrogen) atoms. The van der Waals surface area contributed by atoms with E-state index < -0.39 is 23.8 Å². The Bertz CT molecular complexity index is 1130. The second-order valence-electron chi connectivity index (χ2n) is 6.84. The number of aliphatic hydroxyl groups is 1. The van der Waals surface area contributed by atoms with E-state index in [0.29, 0.717) is 5.56 Å². The van der Waals surface area contributed by atoms with Gasteiger partial charge in [0.25, 0.3) is 0 Å². The number of nitrogen functional groups attached to an aromatic ring is 1. The molecule has 0 spiro atoms. The lowest BCUT2D eigenvalue weighted by molar-refractivity contribution is 0.0514. The zero-order chi connectivity index (χ0) is 21.3. The van der Waals surface area contributed by atoms with E-state index >= 15 is 0 Å². The van der Waals surface area contributed by atoms with Crippen LogP contribution in [0, 0.1) is 11.6 Å². The lowest BCUT2D eigenvalue weighted by Gasteiger charge is -2.29. The van der Waals surface area contributed by atoms with Crippen LogP contribution in [-0.2, 0) is 0 Å². The molecule has 2 aromatic heterocycles. The first-order valence-corrected chi connectivity index (χ1v) is 9.10. The smallest absolute Gasteiger partial charge is 0.313 e. The summed E-state index contributed by atoms with van der Waals surface area (Å²) < 4.78 is 34.5. The van der Waals surface area contributed by atoms with Gasteiger partial charge in [0, 0.05) is 17.5 Å². The van der Waals surface area contributed by atoms with Gasteiger partial charge in [-0.15, -0.1) is 5.10 Å². The van der Waals surface area contributed by atoms with Crippen molar-refractivity contribution in [2.45, 2.75) is 25.0 Å². The van der Waals surface area contributed by atoms with Gasteiger partial charge in [-0.25, -0.2) is 18.4 Å². The highest BCUT2D eigenvalue weighted by Gasteiger charge is 2.32. The number of halogens is 2. The second-order valence-corrected chi connectivity index (χ2v) is 6.84. The molecule has 0 aliphatic carbocycles. The summed E-state index contributed by atoms with van der Waals surface area (Å²) in [5.41, 5.74) is 7.09. The van der Waals surface area contributed by atoms with Crippen LogP contribution in [-0.4, -0.2) is 30.1 Å². The van der Waals surface area contributed by atoms with Gasteiger partial charge in [-0.3, -0.25) is 0 Å². The fourth-order valence-corrected chi connectivity index (χ4v) is 3.47. The molecule has 1 unspecified atom stereocenters. The maximum absolute atomic E-state index is 14.6. The lowest BCUT2D eigenvalue weighted by Crippen LogP contribution is -2.24. The number of aliphatic hydroxyl groups excluding tert-OH is 1. The lowest BCUT2D eigenvalue weighted by atomic mass is 9.81. The minimum absolute atomic E-state index is 0.0368. The third-order valence-electron chi connectivity index (χ3n) is 5.01. The number of nitrogens with zero attached hydrogens (tertiary/aromatic N) is 5. The molecule has 8 nitrogen and oxygen atoms in total. The first-order chi connectivity index (χ1) is 14.4. The Balaban J connectivity index is 1.71. The molecule has 0 fully saturated rings. The minimum atomic E-state index is -1.22. The Labute approximate surface area is 170 Å². The molecule has 10 heteroatoms. The highest BCUT2D eigenvalue weighted by atomic mass is 19.1. The molecule has 0 aliphatic rings. The molecule has 0 bridgehead atoms. The standard InChI is InChI=1S/C20H18F2N6O2/c1-11(12-2-4-13(5-3-12)18-26-27-20(23)30-18)17(19(29)28-10-24-9-25-28)15-7-6-14(21)8-16(15)22/h2-11,17,19,29H,1H3,(H2,23,27)/t11-,17-,19?/m0/s1. The average Bonchev–Trinajstić information content (AvgIpc) is 3.42. The molecule has 3 atom stereocenters. The quantitative estimate of drug-likeness (QED) is 0.499. The van der Waals surface area contributed by atoms with E-state index in [1.807, 2.05) is 19.1 Å². The Morgan fingerprint density at radius 1 is 1.10 bits per heavy atom. The molecule has 0 aliphatic heterocycles. The van der Waals surface area contributed by atoms with Crippen molar-refractivity contribution < 1.29 is 18.3 Å². The fraction of sp³-hybridized carbons (Fsp3) is 0.200. The van der Waals surface area contributed by atoms with Crippen molar-refractivity contribution in [3.8, 4) is 11.5 Å². The number of anilines is 1. The number of nitrogens with two attached hydrogens (primary N) is 1. The van der Waals surface area contributed by atoms with Gasteiger partial charge in [-0.05, 0) is 35.2 Å². The molecule has 154 valence electrons. The second kappa shape index (κ2) is 7.99. The predicted molar refractivity (Wildman–Crippen MR) is 103 cm³/mol. The van der Waals surface area contributed by atoms with Crippen LogP contribution >= 0.6 is 0 Å². The Morgan fingerprint density at radius 3 is 2.47 bits per heavy atom. The summed E-state index contributed by atoms with van der Waals surface area (Å²) >= 11 is 0. The van der Waals surface area contributed by atoms with Crippen molar-refractivity contribution in [3.63, 3.8) is 0 Å². The number of hydrogen-bond acceptors (Lipinski definition) is 7. The Morgan fingerprint density at radius 2 is 1.87 bits per heavy atom. The monoisotopic (exact) mass is 412 g/mol. The van der Waals surface area contributed by atoms with Crippen LogP contribution in [0.25, 0.3) is 11.5 Å². The van der Waals surface area contributed by atoms with Crippen LogP contribution in [0.1, 0.15) is 36.1 Å². The fourth-order valence-electron chi connectivity index (χ4n) is 3.47. The van der Waals surface area contributed by atoms with E-state index in [1.165, 1.54) is 23.4 Å². The predicted octanol–water partition coefficient (Wildman–Crippen LogP) is 3.27. The van der Waals surface area contributed by atoms with Gasteiger partial charge < -0.3 is 15.3 Å². The summed E-state index contributed by atoms with van der Waals surface area (Å²) in [7, 11) is 0. The van der Waals surface area contributed by atoms with Crippen molar-refractivity contribution in [2.24, 2.45) is 0 Å². The molecular weight excluding hydrogens is 394 g/mol. The maximum Gasteiger partial charge on any atom is 0.313 e. The van der Waals surface area contributed by atoms with E-state index in [1.54, 1.807) is 12.1 Å². The van der Waals surface area contributed by atoms with Gasteiger partial charge in [0.05, 0.1) is 0 Å². The Kier molecular flexibility index (Phi) is 5.23. The van der Waals surface area contributed by atoms with E-state index in [-0.39, 0.29) is 23.4 Å². The SMILES string of the molecule is C[C@@H](c1ccc(-c2nnc(N)o2)cc1)[C@@H](c1ccc(F)cc1F)C(O)n1cncn1. The summed E-state index contributed by atoms with van der Waals surface area (Å²) in [4.78, 5) is 3.84. The number of aromatic nitrogens is 5. The van der Waals surface area contributed by atoms with Gasteiger partial charge in [0.15, 0.2) is 6.23 Å². The normalized spacial score (nSPS) is 14.4. The molecule has 4 aromatic rings.